The lowest BCUT2D eigenvalue weighted by molar-refractivity contribution is 0.0603. The molecule has 3 unspecified atom stereocenters. The molecule has 0 amide bonds. The van der Waals surface area contributed by atoms with Crippen LogP contribution in [0.2, 0.25) is 0 Å². The van der Waals surface area contributed by atoms with Crippen LogP contribution in [0.3, 0.4) is 0 Å². The molecular formula is C22H30O2. The number of benzene rings is 1. The summed E-state index contributed by atoms with van der Waals surface area (Å²) in [6.45, 7) is 7.37. The van der Waals surface area contributed by atoms with E-state index in [0.29, 0.717) is 5.92 Å². The SMILES string of the molecule is COc1ccc(OC)c2c1CC1(C)C(C)CCC3=C(C)CCCC321. The lowest BCUT2D eigenvalue weighted by Gasteiger charge is -2.56. The summed E-state index contributed by atoms with van der Waals surface area (Å²) in [7, 11) is 3.62. The molecule has 1 aromatic rings. The fourth-order valence-corrected chi connectivity index (χ4v) is 6.31. The molecule has 1 aromatic carbocycles. The van der Waals surface area contributed by atoms with Gasteiger partial charge in [-0.1, -0.05) is 25.0 Å². The van der Waals surface area contributed by atoms with Gasteiger partial charge in [-0.05, 0) is 68.9 Å². The van der Waals surface area contributed by atoms with Crippen LogP contribution in [0.5, 0.6) is 11.5 Å². The van der Waals surface area contributed by atoms with Gasteiger partial charge in [-0.15, -0.1) is 0 Å². The standard InChI is InChI=1S/C22H30O2/c1-14-7-6-12-22-17(14)9-8-15(2)21(22,3)13-16-18(23-4)10-11-19(24-5)20(16)22/h10-11,15H,6-9,12-13H2,1-5H3. The number of allylic oxidation sites excluding steroid dienone is 2. The molecule has 0 radical (unpaired) electrons. The van der Waals surface area contributed by atoms with Gasteiger partial charge in [-0.25, -0.2) is 0 Å². The first-order chi connectivity index (χ1) is 11.5. The minimum absolute atomic E-state index is 0.155. The van der Waals surface area contributed by atoms with Gasteiger partial charge in [0.1, 0.15) is 11.5 Å². The van der Waals surface area contributed by atoms with Crippen molar-refractivity contribution in [3.63, 3.8) is 0 Å². The molecule has 4 rings (SSSR count). The van der Waals surface area contributed by atoms with Crippen molar-refractivity contribution >= 4 is 0 Å². The monoisotopic (exact) mass is 326 g/mol. The molecule has 0 bridgehead atoms. The second-order valence-electron chi connectivity index (χ2n) is 8.38. The molecule has 0 aromatic heterocycles. The first-order valence-corrected chi connectivity index (χ1v) is 9.43. The van der Waals surface area contributed by atoms with Gasteiger partial charge in [0, 0.05) is 16.5 Å². The molecule has 0 heterocycles. The van der Waals surface area contributed by atoms with Crippen LogP contribution in [0.15, 0.2) is 23.3 Å². The fourth-order valence-electron chi connectivity index (χ4n) is 6.31. The van der Waals surface area contributed by atoms with Crippen molar-refractivity contribution in [3.8, 4) is 11.5 Å². The van der Waals surface area contributed by atoms with E-state index in [0.717, 1.165) is 17.9 Å². The predicted octanol–water partition coefficient (Wildman–Crippen LogP) is 5.43. The van der Waals surface area contributed by atoms with Crippen LogP contribution in [-0.4, -0.2) is 14.2 Å². The van der Waals surface area contributed by atoms with Crippen LogP contribution in [0.25, 0.3) is 0 Å². The van der Waals surface area contributed by atoms with Gasteiger partial charge in [-0.3, -0.25) is 0 Å². The second kappa shape index (κ2) is 5.28. The molecule has 24 heavy (non-hydrogen) atoms. The van der Waals surface area contributed by atoms with Gasteiger partial charge in [0.05, 0.1) is 14.2 Å². The second-order valence-corrected chi connectivity index (χ2v) is 8.38. The number of hydrogen-bond acceptors (Lipinski definition) is 2. The third-order valence-electron chi connectivity index (χ3n) is 7.67. The van der Waals surface area contributed by atoms with E-state index in [1.54, 1.807) is 18.3 Å². The third-order valence-corrected chi connectivity index (χ3v) is 7.67. The lowest BCUT2D eigenvalue weighted by Crippen LogP contribution is -2.51. The lowest BCUT2D eigenvalue weighted by atomic mass is 9.47. The predicted molar refractivity (Wildman–Crippen MR) is 98.0 cm³/mol. The van der Waals surface area contributed by atoms with E-state index >= 15 is 0 Å². The Morgan fingerprint density at radius 1 is 1.08 bits per heavy atom. The summed E-state index contributed by atoms with van der Waals surface area (Å²) in [5, 5.41) is 0. The summed E-state index contributed by atoms with van der Waals surface area (Å²) in [4.78, 5) is 0. The first kappa shape index (κ1) is 16.1. The summed E-state index contributed by atoms with van der Waals surface area (Å²) >= 11 is 0. The molecule has 3 atom stereocenters. The van der Waals surface area contributed by atoms with Gasteiger partial charge >= 0.3 is 0 Å². The van der Waals surface area contributed by atoms with E-state index in [1.165, 1.54) is 43.2 Å². The van der Waals surface area contributed by atoms with Crippen molar-refractivity contribution < 1.29 is 9.47 Å². The Morgan fingerprint density at radius 3 is 2.50 bits per heavy atom. The Hall–Kier alpha value is -1.44. The van der Waals surface area contributed by atoms with Gasteiger partial charge in [0.25, 0.3) is 0 Å². The van der Waals surface area contributed by atoms with E-state index in [4.69, 9.17) is 9.47 Å². The Labute approximate surface area is 146 Å². The van der Waals surface area contributed by atoms with E-state index in [2.05, 4.69) is 32.9 Å². The van der Waals surface area contributed by atoms with E-state index < -0.39 is 0 Å². The number of rotatable bonds is 2. The van der Waals surface area contributed by atoms with E-state index in [9.17, 15) is 0 Å². The normalized spacial score (nSPS) is 34.5. The highest BCUT2D eigenvalue weighted by Crippen LogP contribution is 2.69. The molecule has 0 saturated heterocycles. The summed E-state index contributed by atoms with van der Waals surface area (Å²) in [5.41, 5.74) is 6.64. The van der Waals surface area contributed by atoms with Gasteiger partial charge in [0.15, 0.2) is 0 Å². The van der Waals surface area contributed by atoms with Crippen molar-refractivity contribution in [1.82, 2.24) is 0 Å². The van der Waals surface area contributed by atoms with Gasteiger partial charge < -0.3 is 9.47 Å². The van der Waals surface area contributed by atoms with Crippen molar-refractivity contribution in [3.05, 3.63) is 34.4 Å². The largest absolute Gasteiger partial charge is 0.496 e. The maximum absolute atomic E-state index is 5.89. The van der Waals surface area contributed by atoms with E-state index in [-0.39, 0.29) is 10.8 Å². The molecule has 130 valence electrons. The van der Waals surface area contributed by atoms with Crippen molar-refractivity contribution in [1.29, 1.82) is 0 Å². The Bertz CT molecular complexity index is 717. The van der Waals surface area contributed by atoms with Crippen LogP contribution in [0.4, 0.5) is 0 Å². The number of hydrogen-bond donors (Lipinski definition) is 0. The molecule has 0 N–H and O–H groups in total. The Morgan fingerprint density at radius 2 is 1.79 bits per heavy atom. The van der Waals surface area contributed by atoms with Crippen LogP contribution in [0, 0.1) is 11.3 Å². The quantitative estimate of drug-likeness (QED) is 0.674. The average molecular weight is 326 g/mol. The average Bonchev–Trinajstić information content (AvgIpc) is 2.85. The molecule has 3 aliphatic rings. The summed E-state index contributed by atoms with van der Waals surface area (Å²) in [6, 6.07) is 4.22. The molecule has 2 nitrogen and oxygen atoms in total. The highest BCUT2D eigenvalue weighted by atomic mass is 16.5. The molecule has 2 heteroatoms. The van der Waals surface area contributed by atoms with Crippen LogP contribution >= 0.6 is 0 Å². The van der Waals surface area contributed by atoms with Crippen LogP contribution in [0.1, 0.15) is 64.0 Å². The Kier molecular flexibility index (Phi) is 3.53. The van der Waals surface area contributed by atoms with Crippen molar-refractivity contribution in [2.24, 2.45) is 11.3 Å². The molecule has 1 saturated carbocycles. The van der Waals surface area contributed by atoms with Gasteiger partial charge in [-0.2, -0.15) is 0 Å². The van der Waals surface area contributed by atoms with E-state index in [1.807, 2.05) is 7.11 Å². The number of ether oxygens (including phenoxy) is 2. The maximum atomic E-state index is 5.89. The topological polar surface area (TPSA) is 18.5 Å². The smallest absolute Gasteiger partial charge is 0.123 e. The first-order valence-electron chi connectivity index (χ1n) is 9.43. The molecular weight excluding hydrogens is 296 g/mol. The molecule has 0 aliphatic heterocycles. The van der Waals surface area contributed by atoms with Gasteiger partial charge in [0.2, 0.25) is 0 Å². The maximum Gasteiger partial charge on any atom is 0.123 e. The van der Waals surface area contributed by atoms with Crippen LogP contribution in [-0.2, 0) is 11.8 Å². The summed E-state index contributed by atoms with van der Waals surface area (Å²) in [6.07, 6.45) is 7.49. The Balaban J connectivity index is 2.08. The zero-order chi connectivity index (χ0) is 17.1. The minimum atomic E-state index is 0.155. The number of fused-ring (bicyclic) bond motifs is 1. The minimum Gasteiger partial charge on any atom is -0.496 e. The summed E-state index contributed by atoms with van der Waals surface area (Å²) in [5.74, 6) is 2.83. The third kappa shape index (κ3) is 1.72. The molecule has 1 spiro atoms. The zero-order valence-electron chi connectivity index (χ0n) is 15.8. The van der Waals surface area contributed by atoms with Crippen LogP contribution < -0.4 is 9.47 Å². The van der Waals surface area contributed by atoms with Crippen molar-refractivity contribution in [2.75, 3.05) is 14.2 Å². The molecule has 3 aliphatic carbocycles. The summed E-state index contributed by atoms with van der Waals surface area (Å²) < 4.78 is 11.7. The van der Waals surface area contributed by atoms with Crippen molar-refractivity contribution in [2.45, 2.75) is 64.7 Å². The zero-order valence-corrected chi connectivity index (χ0v) is 15.8. The highest BCUT2D eigenvalue weighted by Gasteiger charge is 2.63. The number of methoxy groups -OCH3 is 2. The highest BCUT2D eigenvalue weighted by molar-refractivity contribution is 5.63. The molecule has 1 fully saturated rings. The fraction of sp³-hybridized carbons (Fsp3) is 0.636.